The standard InChI is InChI=1S/C21H18F4N4O2/c22-12-3-4-13-15(17(9-31-16(13)5-12)30-8-11-1-2-11)7-26-19-14-6-18(21(23,24)25)29-20(14)28-10-27-19/h3-7,10-11,15,17H,1-2,8-9H2,(H,27,28,29)/p+1/b26-7+/t15?,17-/m0/s1. The van der Waals surface area contributed by atoms with Gasteiger partial charge in [0.05, 0.1) is 12.1 Å². The van der Waals surface area contributed by atoms with Gasteiger partial charge in [0.25, 0.3) is 5.82 Å². The van der Waals surface area contributed by atoms with E-state index in [-0.39, 0.29) is 35.5 Å². The summed E-state index contributed by atoms with van der Waals surface area (Å²) in [6, 6.07) is 5.24. The van der Waals surface area contributed by atoms with Gasteiger partial charge in [0, 0.05) is 18.2 Å². The summed E-state index contributed by atoms with van der Waals surface area (Å²) in [5.74, 6) is 0.421. The van der Waals surface area contributed by atoms with Crippen molar-refractivity contribution in [2.24, 2.45) is 10.9 Å². The number of nitrogens with one attached hydrogen (secondary N) is 2. The molecule has 1 aliphatic carbocycles. The number of benzene rings is 1. The van der Waals surface area contributed by atoms with E-state index in [0.717, 1.165) is 18.9 Å². The molecule has 0 bridgehead atoms. The number of aliphatic imine (C=N–C) groups is 1. The highest BCUT2D eigenvalue weighted by molar-refractivity contribution is 5.87. The Bertz CT molecular complexity index is 1140. The molecule has 0 radical (unpaired) electrons. The molecule has 6 nitrogen and oxygen atoms in total. The predicted octanol–water partition coefficient (Wildman–Crippen LogP) is 4.21. The van der Waals surface area contributed by atoms with Crippen molar-refractivity contribution in [1.82, 2.24) is 9.97 Å². The highest BCUT2D eigenvalue weighted by Crippen LogP contribution is 2.37. The molecule has 2 atom stereocenters. The van der Waals surface area contributed by atoms with Crippen LogP contribution in [0.25, 0.3) is 11.0 Å². The van der Waals surface area contributed by atoms with Gasteiger partial charge in [-0.3, -0.25) is 0 Å². The van der Waals surface area contributed by atoms with Crippen molar-refractivity contribution in [3.05, 3.63) is 47.7 Å². The summed E-state index contributed by atoms with van der Waals surface area (Å²) in [7, 11) is 0. The van der Waals surface area contributed by atoms with Crippen molar-refractivity contribution in [3.8, 4) is 5.75 Å². The Balaban J connectivity index is 1.49. The van der Waals surface area contributed by atoms with Crippen LogP contribution in [-0.4, -0.2) is 35.5 Å². The Hall–Kier alpha value is -3.01. The van der Waals surface area contributed by atoms with Crippen LogP contribution in [0.3, 0.4) is 0 Å². The number of fused-ring (bicyclic) bond motifs is 2. The number of halogens is 4. The number of alkyl halides is 3. The Morgan fingerprint density at radius 1 is 1.29 bits per heavy atom. The maximum absolute atomic E-state index is 13.7. The Labute approximate surface area is 174 Å². The van der Waals surface area contributed by atoms with Crippen molar-refractivity contribution in [3.63, 3.8) is 0 Å². The lowest BCUT2D eigenvalue weighted by molar-refractivity contribution is -0.365. The number of hydrogen-bond acceptors (Lipinski definition) is 4. The second-order valence-electron chi connectivity index (χ2n) is 7.81. The second kappa shape index (κ2) is 7.60. The fourth-order valence-corrected chi connectivity index (χ4v) is 3.63. The third-order valence-corrected chi connectivity index (χ3v) is 5.50. The molecule has 1 saturated carbocycles. The summed E-state index contributed by atoms with van der Waals surface area (Å²) in [6.45, 7) is 0.838. The number of rotatable bonds is 5. The van der Waals surface area contributed by atoms with Crippen molar-refractivity contribution in [2.45, 2.75) is 31.0 Å². The number of hydrogen-bond donors (Lipinski definition) is 1. The molecule has 2 aromatic heterocycles. The number of aromatic amines is 2. The Morgan fingerprint density at radius 3 is 2.90 bits per heavy atom. The average molecular weight is 435 g/mol. The molecule has 0 amide bonds. The largest absolute Gasteiger partial charge is 0.490 e. The molecule has 3 aromatic rings. The van der Waals surface area contributed by atoms with E-state index in [4.69, 9.17) is 9.47 Å². The Kier molecular flexibility index (Phi) is 4.88. The first kappa shape index (κ1) is 19.9. The maximum atomic E-state index is 13.7. The summed E-state index contributed by atoms with van der Waals surface area (Å²) < 4.78 is 64.6. The molecule has 1 unspecified atom stereocenters. The van der Waals surface area contributed by atoms with Gasteiger partial charge in [0.15, 0.2) is 0 Å². The van der Waals surface area contributed by atoms with Crippen molar-refractivity contribution < 1.29 is 32.0 Å². The summed E-state index contributed by atoms with van der Waals surface area (Å²) in [6.07, 6.45) is 0.298. The SMILES string of the molecule is Fc1ccc2c(c1)OC[C@H](OCC1CC1)C2/C=N/c1[nH+]cnc2[nH]c(C(F)(F)F)cc12. The zero-order valence-corrected chi connectivity index (χ0v) is 16.2. The molecule has 31 heavy (non-hydrogen) atoms. The van der Waals surface area contributed by atoms with E-state index in [0.29, 0.717) is 23.8 Å². The van der Waals surface area contributed by atoms with E-state index in [9.17, 15) is 17.6 Å². The third-order valence-electron chi connectivity index (χ3n) is 5.50. The summed E-state index contributed by atoms with van der Waals surface area (Å²) >= 11 is 0. The van der Waals surface area contributed by atoms with E-state index < -0.39 is 17.7 Å². The van der Waals surface area contributed by atoms with Gasteiger partial charge in [-0.05, 0) is 30.9 Å². The van der Waals surface area contributed by atoms with Crippen molar-refractivity contribution in [1.29, 1.82) is 0 Å². The lowest BCUT2D eigenvalue weighted by Crippen LogP contribution is -2.35. The molecule has 1 aromatic carbocycles. The van der Waals surface area contributed by atoms with Gasteiger partial charge in [0.2, 0.25) is 12.0 Å². The van der Waals surface area contributed by atoms with E-state index >= 15 is 0 Å². The molecule has 5 rings (SSSR count). The quantitative estimate of drug-likeness (QED) is 0.482. The number of nitrogens with zero attached hydrogens (tertiary/aromatic N) is 2. The van der Waals surface area contributed by atoms with E-state index in [1.165, 1.54) is 18.5 Å². The number of ether oxygens (including phenoxy) is 2. The second-order valence-corrected chi connectivity index (χ2v) is 7.81. The van der Waals surface area contributed by atoms with E-state index in [1.807, 2.05) is 0 Å². The van der Waals surface area contributed by atoms with Crippen molar-refractivity contribution >= 4 is 23.1 Å². The molecule has 1 aliphatic heterocycles. The zero-order valence-electron chi connectivity index (χ0n) is 16.2. The molecule has 0 spiro atoms. The van der Waals surface area contributed by atoms with Crippen LogP contribution in [0.5, 0.6) is 5.75 Å². The van der Waals surface area contributed by atoms with Crippen LogP contribution in [0.15, 0.2) is 35.6 Å². The van der Waals surface area contributed by atoms with Gasteiger partial charge in [-0.15, -0.1) is 4.99 Å². The molecule has 3 heterocycles. The highest BCUT2D eigenvalue weighted by atomic mass is 19.4. The van der Waals surface area contributed by atoms with Crippen molar-refractivity contribution in [2.75, 3.05) is 13.2 Å². The summed E-state index contributed by atoms with van der Waals surface area (Å²) in [5.41, 5.74) is -0.106. The molecule has 10 heteroatoms. The first-order chi connectivity index (χ1) is 14.9. The first-order valence-corrected chi connectivity index (χ1v) is 9.93. The molecule has 1 fully saturated rings. The lowest BCUT2D eigenvalue weighted by Gasteiger charge is -2.30. The highest BCUT2D eigenvalue weighted by Gasteiger charge is 2.35. The molecule has 162 valence electrons. The number of aromatic nitrogens is 3. The van der Waals surface area contributed by atoms with Crippen LogP contribution < -0.4 is 9.72 Å². The minimum Gasteiger partial charge on any atom is -0.490 e. The molecule has 2 aliphatic rings. The van der Waals surface area contributed by atoms with E-state index in [1.54, 1.807) is 12.3 Å². The monoisotopic (exact) mass is 435 g/mol. The minimum absolute atomic E-state index is 0.0780. The maximum Gasteiger partial charge on any atom is 0.431 e. The summed E-state index contributed by atoms with van der Waals surface area (Å²) in [4.78, 5) is 13.4. The van der Waals surface area contributed by atoms with Gasteiger partial charge in [-0.25, -0.2) is 9.37 Å². The van der Waals surface area contributed by atoms with Crippen LogP contribution in [0.1, 0.15) is 30.0 Å². The predicted molar refractivity (Wildman–Crippen MR) is 103 cm³/mol. The van der Waals surface area contributed by atoms with Crippen LogP contribution in [-0.2, 0) is 10.9 Å². The zero-order chi connectivity index (χ0) is 21.6. The fraction of sp³-hybridized carbons (Fsp3) is 0.381. The molecular weight excluding hydrogens is 416 g/mol. The summed E-state index contributed by atoms with van der Waals surface area (Å²) in [5, 5.41) is 0.216. The molecule has 2 N–H and O–H groups in total. The van der Waals surface area contributed by atoms with Gasteiger partial charge in [0.1, 0.15) is 35.4 Å². The van der Waals surface area contributed by atoms with Crippen LogP contribution >= 0.6 is 0 Å². The van der Waals surface area contributed by atoms with Gasteiger partial charge >= 0.3 is 6.18 Å². The molecule has 0 saturated heterocycles. The van der Waals surface area contributed by atoms with Gasteiger partial charge < -0.3 is 14.5 Å². The van der Waals surface area contributed by atoms with E-state index in [2.05, 4.69) is 19.9 Å². The van der Waals surface area contributed by atoms with Crippen LogP contribution in [0.4, 0.5) is 23.4 Å². The average Bonchev–Trinajstić information content (AvgIpc) is 3.45. The normalized spacial score (nSPS) is 21.4. The lowest BCUT2D eigenvalue weighted by atomic mass is 9.91. The fourth-order valence-electron chi connectivity index (χ4n) is 3.63. The number of H-pyrrole nitrogens is 2. The molecular formula is C21H19F4N4O2+. The third kappa shape index (κ3) is 4.12. The minimum atomic E-state index is -4.52. The van der Waals surface area contributed by atoms with Gasteiger partial charge in [-0.1, -0.05) is 11.1 Å². The van der Waals surface area contributed by atoms with Gasteiger partial charge in [-0.2, -0.15) is 13.2 Å². The Morgan fingerprint density at radius 2 is 2.13 bits per heavy atom. The first-order valence-electron chi connectivity index (χ1n) is 9.93. The van der Waals surface area contributed by atoms with Crippen LogP contribution in [0.2, 0.25) is 0 Å². The smallest absolute Gasteiger partial charge is 0.431 e. The topological polar surface area (TPSA) is 73.6 Å². The van der Waals surface area contributed by atoms with Crippen LogP contribution in [0, 0.1) is 11.7 Å².